The van der Waals surface area contributed by atoms with Gasteiger partial charge in [0.2, 0.25) is 24.5 Å². The van der Waals surface area contributed by atoms with Gasteiger partial charge >= 0.3 is 0 Å². The van der Waals surface area contributed by atoms with Crippen LogP contribution in [-0.4, -0.2) is 41.9 Å². The molecule has 1 aliphatic carbocycles. The van der Waals surface area contributed by atoms with E-state index in [1.165, 1.54) is 11.0 Å². The number of hydrogen-bond donors (Lipinski definition) is 2. The molecule has 28 heavy (non-hydrogen) atoms. The van der Waals surface area contributed by atoms with Gasteiger partial charge in [-0.3, -0.25) is 34.9 Å². The molecule has 1 saturated heterocycles. The summed E-state index contributed by atoms with van der Waals surface area (Å²) in [4.78, 5) is 50.1. The summed E-state index contributed by atoms with van der Waals surface area (Å²) in [5.41, 5.74) is 4.92. The lowest BCUT2D eigenvalue weighted by atomic mass is 9.81. The van der Waals surface area contributed by atoms with Crippen molar-refractivity contribution >= 4 is 23.6 Å². The van der Waals surface area contributed by atoms with Crippen LogP contribution in [0, 0.1) is 11.8 Å². The molecule has 2 N–H and O–H groups in total. The molecule has 2 heterocycles. The lowest BCUT2D eigenvalue weighted by Crippen LogP contribution is -2.43. The number of imide groups is 1. The Balaban J connectivity index is 1.26. The van der Waals surface area contributed by atoms with Gasteiger partial charge in [0.1, 0.15) is 0 Å². The minimum Gasteiger partial charge on any atom is -0.454 e. The maximum atomic E-state index is 12.4. The molecule has 4 amide bonds. The first-order chi connectivity index (χ1) is 13.5. The number of rotatable bonds is 4. The fraction of sp³-hybridized carbons (Fsp3) is 0.474. The van der Waals surface area contributed by atoms with Crippen molar-refractivity contribution in [3.05, 3.63) is 23.8 Å². The van der Waals surface area contributed by atoms with Crippen LogP contribution in [0.4, 0.5) is 0 Å². The quantitative estimate of drug-likeness (QED) is 0.582. The Hall–Kier alpha value is -3.10. The van der Waals surface area contributed by atoms with Crippen LogP contribution in [0.1, 0.15) is 42.5 Å². The lowest BCUT2D eigenvalue weighted by Gasteiger charge is -2.19. The van der Waals surface area contributed by atoms with E-state index in [0.717, 1.165) is 25.7 Å². The maximum absolute atomic E-state index is 12.4. The third-order valence-corrected chi connectivity index (χ3v) is 5.45. The largest absolute Gasteiger partial charge is 0.454 e. The molecule has 9 nitrogen and oxygen atoms in total. The molecule has 2 atom stereocenters. The Kier molecular flexibility index (Phi) is 4.89. The first-order valence-electron chi connectivity index (χ1n) is 9.38. The van der Waals surface area contributed by atoms with Crippen LogP contribution in [0.2, 0.25) is 0 Å². The van der Waals surface area contributed by atoms with E-state index in [2.05, 4.69) is 10.9 Å². The molecule has 0 aromatic heterocycles. The van der Waals surface area contributed by atoms with E-state index in [1.54, 1.807) is 12.1 Å². The third-order valence-electron chi connectivity index (χ3n) is 5.45. The molecule has 2 aliphatic heterocycles. The number of fused-ring (bicyclic) bond motifs is 2. The normalized spacial score (nSPS) is 22.8. The average molecular weight is 387 g/mol. The first-order valence-corrected chi connectivity index (χ1v) is 9.38. The molecule has 4 rings (SSSR count). The maximum Gasteiger partial charge on any atom is 0.269 e. The zero-order chi connectivity index (χ0) is 19.7. The van der Waals surface area contributed by atoms with E-state index < -0.39 is 11.8 Å². The summed E-state index contributed by atoms with van der Waals surface area (Å²) in [6, 6.07) is 4.69. The van der Waals surface area contributed by atoms with E-state index in [1.807, 2.05) is 0 Å². The van der Waals surface area contributed by atoms with E-state index >= 15 is 0 Å². The second kappa shape index (κ2) is 7.49. The van der Waals surface area contributed by atoms with Crippen molar-refractivity contribution in [2.45, 2.75) is 32.1 Å². The molecule has 0 radical (unpaired) electrons. The molecule has 0 spiro atoms. The van der Waals surface area contributed by atoms with Gasteiger partial charge in [-0.2, -0.15) is 0 Å². The number of hydrazine groups is 1. The van der Waals surface area contributed by atoms with Crippen LogP contribution >= 0.6 is 0 Å². The van der Waals surface area contributed by atoms with Gasteiger partial charge in [-0.05, 0) is 31.0 Å². The highest BCUT2D eigenvalue weighted by molar-refractivity contribution is 6.05. The van der Waals surface area contributed by atoms with Crippen molar-refractivity contribution in [3.8, 4) is 11.5 Å². The topological polar surface area (TPSA) is 114 Å². The van der Waals surface area contributed by atoms with Gasteiger partial charge in [0.25, 0.3) is 5.91 Å². The van der Waals surface area contributed by atoms with Crippen LogP contribution in [0.5, 0.6) is 11.5 Å². The summed E-state index contributed by atoms with van der Waals surface area (Å²) in [7, 11) is 0. The highest BCUT2D eigenvalue weighted by Gasteiger charge is 2.47. The molecule has 3 aliphatic rings. The summed E-state index contributed by atoms with van der Waals surface area (Å²) < 4.78 is 10.4. The molecule has 1 aromatic rings. The zero-order valence-electron chi connectivity index (χ0n) is 15.2. The Morgan fingerprint density at radius 2 is 1.68 bits per heavy atom. The SMILES string of the molecule is O=C(CCN1C(=O)[C@H]2CCCC[C@H]2C1=O)NNC(=O)c1ccc2c(c1)OCO2. The van der Waals surface area contributed by atoms with Crippen molar-refractivity contribution in [2.75, 3.05) is 13.3 Å². The van der Waals surface area contributed by atoms with Gasteiger partial charge in [0, 0.05) is 18.5 Å². The summed E-state index contributed by atoms with van der Waals surface area (Å²) in [6.45, 7) is 0.128. The predicted molar refractivity (Wildman–Crippen MR) is 95.0 cm³/mol. The van der Waals surface area contributed by atoms with Gasteiger partial charge in [0.15, 0.2) is 11.5 Å². The number of carbonyl (C=O) groups is 4. The third kappa shape index (κ3) is 3.39. The average Bonchev–Trinajstić information content (AvgIpc) is 3.28. The predicted octanol–water partition coefficient (Wildman–Crippen LogP) is 0.742. The summed E-state index contributed by atoms with van der Waals surface area (Å²) in [6.07, 6.45) is 3.33. The van der Waals surface area contributed by atoms with Crippen LogP contribution in [0.3, 0.4) is 0 Å². The molecule has 2 fully saturated rings. The second-order valence-electron chi connectivity index (χ2n) is 7.15. The molecule has 9 heteroatoms. The molecule has 0 bridgehead atoms. The van der Waals surface area contributed by atoms with Crippen molar-refractivity contribution in [1.82, 2.24) is 15.8 Å². The Morgan fingerprint density at radius 1 is 1.00 bits per heavy atom. The van der Waals surface area contributed by atoms with E-state index in [-0.39, 0.29) is 43.4 Å². The van der Waals surface area contributed by atoms with Gasteiger partial charge in [-0.25, -0.2) is 0 Å². The second-order valence-corrected chi connectivity index (χ2v) is 7.15. The first kappa shape index (κ1) is 18.3. The van der Waals surface area contributed by atoms with Gasteiger partial charge < -0.3 is 9.47 Å². The van der Waals surface area contributed by atoms with Gasteiger partial charge in [0.05, 0.1) is 11.8 Å². The van der Waals surface area contributed by atoms with Crippen LogP contribution in [0.15, 0.2) is 18.2 Å². The lowest BCUT2D eigenvalue weighted by molar-refractivity contribution is -0.140. The van der Waals surface area contributed by atoms with Crippen molar-refractivity contribution in [2.24, 2.45) is 11.8 Å². The van der Waals surface area contributed by atoms with E-state index in [0.29, 0.717) is 17.1 Å². The van der Waals surface area contributed by atoms with Gasteiger partial charge in [-0.1, -0.05) is 12.8 Å². The minimum atomic E-state index is -0.508. The summed E-state index contributed by atoms with van der Waals surface area (Å²) in [5, 5.41) is 0. The van der Waals surface area contributed by atoms with Crippen LogP contribution < -0.4 is 20.3 Å². The number of likely N-dealkylation sites (tertiary alicyclic amines) is 1. The van der Waals surface area contributed by atoms with Crippen molar-refractivity contribution in [3.63, 3.8) is 0 Å². The highest BCUT2D eigenvalue weighted by atomic mass is 16.7. The van der Waals surface area contributed by atoms with E-state index in [4.69, 9.17) is 9.47 Å². The minimum absolute atomic E-state index is 0.0242. The number of nitrogens with one attached hydrogen (secondary N) is 2. The smallest absolute Gasteiger partial charge is 0.269 e. The van der Waals surface area contributed by atoms with Crippen LogP contribution in [-0.2, 0) is 14.4 Å². The molecule has 148 valence electrons. The number of carbonyl (C=O) groups excluding carboxylic acids is 4. The highest BCUT2D eigenvalue weighted by Crippen LogP contribution is 2.38. The zero-order valence-corrected chi connectivity index (χ0v) is 15.2. The Labute approximate surface area is 161 Å². The molecular weight excluding hydrogens is 366 g/mol. The fourth-order valence-corrected chi connectivity index (χ4v) is 3.96. The number of ether oxygens (including phenoxy) is 2. The summed E-state index contributed by atoms with van der Waals surface area (Å²) >= 11 is 0. The molecule has 0 unspecified atom stereocenters. The Bertz CT molecular complexity index is 815. The number of hydrogen-bond acceptors (Lipinski definition) is 6. The monoisotopic (exact) mass is 387 g/mol. The van der Waals surface area contributed by atoms with E-state index in [9.17, 15) is 19.2 Å². The van der Waals surface area contributed by atoms with Crippen molar-refractivity contribution in [1.29, 1.82) is 0 Å². The summed E-state index contributed by atoms with van der Waals surface area (Å²) in [5.74, 6) is -0.771. The number of benzene rings is 1. The fourth-order valence-electron chi connectivity index (χ4n) is 3.96. The van der Waals surface area contributed by atoms with Gasteiger partial charge in [-0.15, -0.1) is 0 Å². The molecule has 1 aromatic carbocycles. The molecular formula is C19H21N3O6. The van der Waals surface area contributed by atoms with Crippen LogP contribution in [0.25, 0.3) is 0 Å². The number of nitrogens with zero attached hydrogens (tertiary/aromatic N) is 1. The molecule has 1 saturated carbocycles. The van der Waals surface area contributed by atoms with Crippen molar-refractivity contribution < 1.29 is 28.7 Å². The number of amides is 4. The Morgan fingerprint density at radius 3 is 2.39 bits per heavy atom. The standard InChI is InChI=1S/C19H21N3O6/c23-16(7-8-22-18(25)12-3-1-2-4-13(12)19(22)26)20-21-17(24)11-5-6-14-15(9-11)28-10-27-14/h5-6,9,12-13H,1-4,7-8,10H2,(H,20,23)(H,21,24)/t12-,13+.